The third-order valence-corrected chi connectivity index (χ3v) is 5.91. The quantitative estimate of drug-likeness (QED) is 0.392. The van der Waals surface area contributed by atoms with Gasteiger partial charge in [0.25, 0.3) is 0 Å². The van der Waals surface area contributed by atoms with Gasteiger partial charge < -0.3 is 14.4 Å². The molecule has 0 aliphatic carbocycles. The second-order valence-corrected chi connectivity index (χ2v) is 9.51. The van der Waals surface area contributed by atoms with E-state index in [9.17, 15) is 0 Å². The molecule has 0 aromatic heterocycles. The zero-order valence-electron chi connectivity index (χ0n) is 13.5. The molecule has 0 bridgehead atoms. The fourth-order valence-corrected chi connectivity index (χ4v) is 3.32. The molecule has 0 amide bonds. The Balaban J connectivity index is -0.000000206. The van der Waals surface area contributed by atoms with E-state index in [1.165, 1.54) is 46.8 Å². The zero-order chi connectivity index (χ0) is 15.6. The number of hydrogen-bond donors (Lipinski definition) is 0. The van der Waals surface area contributed by atoms with Crippen molar-refractivity contribution >= 4 is 38.0 Å². The first-order valence-corrected chi connectivity index (χ1v) is 12.7. The molecule has 0 aliphatic heterocycles. The van der Waals surface area contributed by atoms with Gasteiger partial charge in [-0.05, 0) is 6.66 Å². The number of rotatable bonds is 8. The fourth-order valence-electron chi connectivity index (χ4n) is 1.11. The van der Waals surface area contributed by atoms with Crippen LogP contribution in [0, 0.1) is 0 Å². The Hall–Kier alpha value is 1.21. The van der Waals surface area contributed by atoms with E-state index in [4.69, 9.17) is 14.4 Å². The Kier molecular flexibility index (Phi) is 28.5. The molecule has 0 N–H and O–H groups in total. The van der Waals surface area contributed by atoms with Crippen LogP contribution < -0.4 is 9.79 Å². The molecule has 0 rings (SSSR count). The molecule has 0 aromatic carbocycles. The Morgan fingerprint density at radius 3 is 1.00 bits per heavy atom. The molecule has 0 fully saturated rings. The van der Waals surface area contributed by atoms with Crippen molar-refractivity contribution in [2.24, 2.45) is 0 Å². The molecule has 0 saturated heterocycles. The Morgan fingerprint density at radius 1 is 0.737 bits per heavy atom. The van der Waals surface area contributed by atoms with Crippen LogP contribution in [0.3, 0.4) is 0 Å². The predicted octanol–water partition coefficient (Wildman–Crippen LogP) is 3.22. The Labute approximate surface area is 133 Å². The average molecular weight is 320 g/mol. The van der Waals surface area contributed by atoms with Crippen molar-refractivity contribution in [2.45, 2.75) is 74.5 Å². The van der Waals surface area contributed by atoms with Crippen LogP contribution in [0.5, 0.6) is 0 Å². The van der Waals surface area contributed by atoms with E-state index in [1.54, 1.807) is 0 Å². The van der Waals surface area contributed by atoms with Crippen molar-refractivity contribution in [3.05, 3.63) is 0 Å². The first-order valence-electron chi connectivity index (χ1n) is 7.46. The third kappa shape index (κ3) is 67.1. The van der Waals surface area contributed by atoms with Crippen LogP contribution in [-0.2, 0) is 4.57 Å². The molecular formula is C13H31Al2O3P. The van der Waals surface area contributed by atoms with E-state index in [0.717, 1.165) is 30.4 Å². The van der Waals surface area contributed by atoms with E-state index in [-0.39, 0.29) is 0 Å². The van der Waals surface area contributed by atoms with Crippen molar-refractivity contribution in [1.29, 1.82) is 0 Å². The van der Waals surface area contributed by atoms with Gasteiger partial charge in [0.1, 0.15) is 0 Å². The molecule has 19 heavy (non-hydrogen) atoms. The second-order valence-electron chi connectivity index (χ2n) is 4.50. The molecule has 0 spiro atoms. The monoisotopic (exact) mass is 320 g/mol. The summed E-state index contributed by atoms with van der Waals surface area (Å²) in [4.78, 5) is 18.2. The van der Waals surface area contributed by atoms with Gasteiger partial charge >= 0.3 is 105 Å². The Morgan fingerprint density at radius 2 is 0.895 bits per heavy atom. The van der Waals surface area contributed by atoms with E-state index in [2.05, 4.69) is 27.7 Å². The molecule has 0 aliphatic rings. The van der Waals surface area contributed by atoms with Crippen LogP contribution in [0.1, 0.15) is 53.4 Å². The van der Waals surface area contributed by atoms with Crippen LogP contribution in [0.15, 0.2) is 0 Å². The topological polar surface area (TPSA) is 63.2 Å². The minimum atomic E-state index is -4.14. The van der Waals surface area contributed by atoms with E-state index in [1.807, 2.05) is 0 Å². The molecule has 112 valence electrons. The summed E-state index contributed by atoms with van der Waals surface area (Å²) in [6.45, 7) is 9.70. The van der Waals surface area contributed by atoms with Crippen molar-refractivity contribution in [3.63, 3.8) is 0 Å². The zero-order valence-corrected chi connectivity index (χ0v) is 16.7. The summed E-state index contributed by atoms with van der Waals surface area (Å²) in [6, 6.07) is 0. The normalized spacial score (nSPS) is 9.21. The van der Waals surface area contributed by atoms with Gasteiger partial charge in [-0.25, -0.2) is 0 Å². The first kappa shape index (κ1) is 25.2. The van der Waals surface area contributed by atoms with Gasteiger partial charge in [-0.2, -0.15) is 0 Å². The van der Waals surface area contributed by atoms with Crippen molar-refractivity contribution < 1.29 is 14.4 Å². The van der Waals surface area contributed by atoms with Crippen molar-refractivity contribution in [1.82, 2.24) is 0 Å². The Bertz CT molecular complexity index is 160. The van der Waals surface area contributed by atoms with Crippen LogP contribution >= 0.6 is 7.60 Å². The fraction of sp³-hybridized carbons (Fsp3) is 1.00. The van der Waals surface area contributed by atoms with Crippen molar-refractivity contribution in [3.8, 4) is 0 Å². The van der Waals surface area contributed by atoms with Crippen LogP contribution in [0.2, 0.25) is 21.1 Å². The van der Waals surface area contributed by atoms with Gasteiger partial charge in [0.05, 0.1) is 0 Å². The maximum absolute atomic E-state index is 9.10. The molecule has 0 radical (unpaired) electrons. The average Bonchev–Trinajstić information content (AvgIpc) is 2.29. The minimum absolute atomic E-state index is 0.632. The molecule has 6 heteroatoms. The molecule has 0 saturated carbocycles. The molecule has 3 nitrogen and oxygen atoms in total. The van der Waals surface area contributed by atoms with Crippen LogP contribution in [0.25, 0.3) is 0 Å². The standard InChI is InChI=1S/4C3H7.CH5O3P.2Al/c4*1-3-2;1-5(2,3)4;;/h4*1,3H2,2H3;1H3,(H2,2,3,4);;/q;;;;;2*+1/p-2. The largest absolute Gasteiger partial charge is 0.811 e. The molecule has 0 heterocycles. The van der Waals surface area contributed by atoms with Crippen LogP contribution in [-0.4, -0.2) is 37.1 Å². The maximum Gasteiger partial charge on any atom is -0.0369 e. The predicted molar refractivity (Wildman–Crippen MR) is 85.4 cm³/mol. The molecule has 0 unspecified atom stereocenters. The van der Waals surface area contributed by atoms with E-state index >= 15 is 0 Å². The summed E-state index contributed by atoms with van der Waals surface area (Å²) in [7, 11) is -4.14. The van der Waals surface area contributed by atoms with E-state index in [0.29, 0.717) is 6.66 Å². The first-order chi connectivity index (χ1) is 8.83. The van der Waals surface area contributed by atoms with Crippen molar-refractivity contribution in [2.75, 3.05) is 6.66 Å². The van der Waals surface area contributed by atoms with Gasteiger partial charge in [0, 0.05) is 0 Å². The van der Waals surface area contributed by atoms with Gasteiger partial charge in [-0.15, -0.1) is 0 Å². The molecular weight excluding hydrogens is 289 g/mol. The van der Waals surface area contributed by atoms with E-state index < -0.39 is 7.60 Å². The third-order valence-electron chi connectivity index (χ3n) is 1.97. The second kappa shape index (κ2) is 21.5. The summed E-state index contributed by atoms with van der Waals surface area (Å²) in [5.74, 6) is 0. The summed E-state index contributed by atoms with van der Waals surface area (Å²) in [6.07, 6.45) is 5.59. The number of hydrogen-bond acceptors (Lipinski definition) is 3. The van der Waals surface area contributed by atoms with Gasteiger partial charge in [0.2, 0.25) is 0 Å². The smallest absolute Gasteiger partial charge is 0.0369 e. The van der Waals surface area contributed by atoms with Gasteiger partial charge in [-0.1, -0.05) is 7.60 Å². The maximum atomic E-state index is 9.10. The molecule has 0 aromatic rings. The van der Waals surface area contributed by atoms with Gasteiger partial charge in [-0.3, -0.25) is 0 Å². The minimum Gasteiger partial charge on any atom is -0.811 e. The summed E-state index contributed by atoms with van der Waals surface area (Å²) < 4.78 is 9.10. The van der Waals surface area contributed by atoms with Crippen LogP contribution in [0.4, 0.5) is 0 Å². The molecule has 0 atom stereocenters. The van der Waals surface area contributed by atoms with Gasteiger partial charge in [0.15, 0.2) is 0 Å². The SMILES string of the molecule is CC[CH2][Al+][CH2]CC.CC[CH2][Al+][CH2]CC.CP(=O)([O-])[O-]. The summed E-state index contributed by atoms with van der Waals surface area (Å²) in [5.41, 5.74) is 0. The summed E-state index contributed by atoms with van der Waals surface area (Å²) in [5, 5.41) is 6.03. The summed E-state index contributed by atoms with van der Waals surface area (Å²) >= 11 is 1.64.